The molecule has 0 fully saturated rings. The van der Waals surface area contributed by atoms with Crippen molar-refractivity contribution >= 4 is 22.6 Å². The first kappa shape index (κ1) is 24.8. The smallest absolute Gasteiger partial charge is 0.359 e. The number of rotatable bonds is 11. The summed E-state index contributed by atoms with van der Waals surface area (Å²) >= 11 is 0. The molecule has 0 aliphatic heterocycles. The molecule has 0 radical (unpaired) electrons. The lowest BCUT2D eigenvalue weighted by Crippen LogP contribution is -2.33. The predicted octanol–water partition coefficient (Wildman–Crippen LogP) is 2.80. The summed E-state index contributed by atoms with van der Waals surface area (Å²) in [6.45, 7) is 6.78. The van der Waals surface area contributed by atoms with Gasteiger partial charge in [-0.3, -0.25) is 9.59 Å². The van der Waals surface area contributed by atoms with E-state index >= 15 is 0 Å². The Morgan fingerprint density at radius 1 is 1.00 bits per heavy atom. The van der Waals surface area contributed by atoms with Crippen LogP contribution in [0.15, 0.2) is 53.3 Å². The summed E-state index contributed by atoms with van der Waals surface area (Å²) in [4.78, 5) is 37.5. The van der Waals surface area contributed by atoms with Crippen molar-refractivity contribution in [3.05, 3.63) is 64.6 Å². The van der Waals surface area contributed by atoms with Crippen LogP contribution in [0.4, 0.5) is 0 Å². The SMILES string of the molecule is CCOc1ccc(OCCNC(=O)COC(=O)c2nn(CC(C)C)c(=O)c3ccccc23)cc1. The number of carbonyl (C=O) groups excluding carboxylic acids is 2. The topological polar surface area (TPSA) is 109 Å². The molecule has 1 aromatic heterocycles. The molecule has 2 aromatic carbocycles. The Labute approximate surface area is 197 Å². The number of aromatic nitrogens is 2. The lowest BCUT2D eigenvalue weighted by molar-refractivity contribution is -0.124. The second kappa shape index (κ2) is 11.8. The van der Waals surface area contributed by atoms with E-state index in [4.69, 9.17) is 14.2 Å². The van der Waals surface area contributed by atoms with Crippen molar-refractivity contribution in [1.29, 1.82) is 0 Å². The Hall–Kier alpha value is -3.88. The molecule has 3 aromatic rings. The minimum absolute atomic E-state index is 0.00230. The van der Waals surface area contributed by atoms with Crippen LogP contribution in [0, 0.1) is 5.92 Å². The Morgan fingerprint density at radius 2 is 1.65 bits per heavy atom. The third-order valence-electron chi connectivity index (χ3n) is 4.76. The summed E-state index contributed by atoms with van der Waals surface area (Å²) in [6.07, 6.45) is 0. The summed E-state index contributed by atoms with van der Waals surface area (Å²) in [5, 5.41) is 7.61. The van der Waals surface area contributed by atoms with Crippen LogP contribution in [-0.2, 0) is 16.1 Å². The predicted molar refractivity (Wildman–Crippen MR) is 127 cm³/mol. The van der Waals surface area contributed by atoms with Gasteiger partial charge in [-0.2, -0.15) is 5.10 Å². The van der Waals surface area contributed by atoms with E-state index in [2.05, 4.69) is 10.4 Å². The van der Waals surface area contributed by atoms with Crippen molar-refractivity contribution in [3.63, 3.8) is 0 Å². The molecule has 0 bridgehead atoms. The van der Waals surface area contributed by atoms with Gasteiger partial charge in [0.05, 0.1) is 18.5 Å². The van der Waals surface area contributed by atoms with Crippen LogP contribution in [-0.4, -0.2) is 48.0 Å². The maximum Gasteiger partial charge on any atom is 0.359 e. The number of amides is 1. The molecule has 0 atom stereocenters. The van der Waals surface area contributed by atoms with Gasteiger partial charge < -0.3 is 19.5 Å². The molecule has 34 heavy (non-hydrogen) atoms. The molecule has 180 valence electrons. The van der Waals surface area contributed by atoms with Crippen LogP contribution in [0.1, 0.15) is 31.3 Å². The first-order valence-corrected chi connectivity index (χ1v) is 11.2. The molecule has 3 rings (SSSR count). The quantitative estimate of drug-likeness (QED) is 0.341. The maximum atomic E-state index is 12.7. The van der Waals surface area contributed by atoms with Crippen molar-refractivity contribution in [2.75, 3.05) is 26.4 Å². The largest absolute Gasteiger partial charge is 0.494 e. The summed E-state index contributed by atoms with van der Waals surface area (Å²) in [7, 11) is 0. The summed E-state index contributed by atoms with van der Waals surface area (Å²) < 4.78 is 17.4. The van der Waals surface area contributed by atoms with Crippen LogP contribution < -0.4 is 20.3 Å². The zero-order valence-electron chi connectivity index (χ0n) is 19.6. The highest BCUT2D eigenvalue weighted by Gasteiger charge is 2.19. The lowest BCUT2D eigenvalue weighted by atomic mass is 10.1. The molecule has 0 spiro atoms. The van der Waals surface area contributed by atoms with Crippen LogP contribution in [0.2, 0.25) is 0 Å². The fourth-order valence-electron chi connectivity index (χ4n) is 3.26. The van der Waals surface area contributed by atoms with E-state index in [0.29, 0.717) is 29.7 Å². The molecule has 9 nitrogen and oxygen atoms in total. The van der Waals surface area contributed by atoms with E-state index in [1.807, 2.05) is 20.8 Å². The zero-order valence-corrected chi connectivity index (χ0v) is 19.6. The summed E-state index contributed by atoms with van der Waals surface area (Å²) in [5.74, 6) is 0.328. The zero-order chi connectivity index (χ0) is 24.5. The van der Waals surface area contributed by atoms with Gasteiger partial charge in [0.15, 0.2) is 12.3 Å². The Morgan fingerprint density at radius 3 is 2.29 bits per heavy atom. The average Bonchev–Trinajstić information content (AvgIpc) is 2.83. The number of hydrogen-bond donors (Lipinski definition) is 1. The molecule has 0 unspecified atom stereocenters. The van der Waals surface area contributed by atoms with Crippen LogP contribution in [0.5, 0.6) is 11.5 Å². The van der Waals surface area contributed by atoms with E-state index in [1.165, 1.54) is 4.68 Å². The van der Waals surface area contributed by atoms with Gasteiger partial charge in [0, 0.05) is 11.9 Å². The molecule has 1 amide bonds. The van der Waals surface area contributed by atoms with Crippen molar-refractivity contribution < 1.29 is 23.8 Å². The number of esters is 1. The van der Waals surface area contributed by atoms with Crippen LogP contribution in [0.3, 0.4) is 0 Å². The Balaban J connectivity index is 1.53. The van der Waals surface area contributed by atoms with Gasteiger partial charge in [-0.15, -0.1) is 0 Å². The normalized spacial score (nSPS) is 10.8. The molecule has 0 aliphatic carbocycles. The van der Waals surface area contributed by atoms with E-state index < -0.39 is 18.5 Å². The second-order valence-corrected chi connectivity index (χ2v) is 7.95. The first-order chi connectivity index (χ1) is 16.4. The summed E-state index contributed by atoms with van der Waals surface area (Å²) in [6, 6.07) is 13.9. The third kappa shape index (κ3) is 6.57. The van der Waals surface area contributed by atoms with Crippen molar-refractivity contribution in [2.24, 2.45) is 5.92 Å². The molecule has 0 saturated heterocycles. The average molecular weight is 468 g/mol. The minimum atomic E-state index is -0.769. The summed E-state index contributed by atoms with van der Waals surface area (Å²) in [5.41, 5.74) is -0.270. The lowest BCUT2D eigenvalue weighted by Gasteiger charge is -2.12. The highest BCUT2D eigenvalue weighted by atomic mass is 16.5. The molecule has 0 aliphatic rings. The Kier molecular flexibility index (Phi) is 8.61. The standard InChI is InChI=1S/C25H29N3O6/c1-4-32-18-9-11-19(12-10-18)33-14-13-26-22(29)16-34-25(31)23-20-7-5-6-8-21(20)24(30)28(27-23)15-17(2)3/h5-12,17H,4,13-16H2,1-3H3,(H,26,29). The molecule has 1 heterocycles. The molecular weight excluding hydrogens is 438 g/mol. The van der Waals surface area contributed by atoms with Crippen molar-refractivity contribution in [3.8, 4) is 11.5 Å². The maximum absolute atomic E-state index is 12.7. The van der Waals surface area contributed by atoms with E-state index in [9.17, 15) is 14.4 Å². The first-order valence-electron chi connectivity index (χ1n) is 11.2. The molecular formula is C25H29N3O6. The molecule has 0 saturated carbocycles. The van der Waals surface area contributed by atoms with Crippen LogP contribution >= 0.6 is 0 Å². The van der Waals surface area contributed by atoms with Gasteiger partial charge in [0.2, 0.25) is 0 Å². The number of nitrogens with one attached hydrogen (secondary N) is 1. The second-order valence-electron chi connectivity index (χ2n) is 7.95. The van der Waals surface area contributed by atoms with Crippen molar-refractivity contribution in [1.82, 2.24) is 15.1 Å². The number of nitrogens with zero attached hydrogens (tertiary/aromatic N) is 2. The number of fused-ring (bicyclic) bond motifs is 1. The number of ether oxygens (including phenoxy) is 3. The van der Waals surface area contributed by atoms with Gasteiger partial charge in [-0.1, -0.05) is 32.0 Å². The molecule has 1 N–H and O–H groups in total. The number of benzene rings is 2. The minimum Gasteiger partial charge on any atom is -0.494 e. The number of carbonyl (C=O) groups is 2. The van der Waals surface area contributed by atoms with E-state index in [-0.39, 0.29) is 30.3 Å². The fourth-order valence-corrected chi connectivity index (χ4v) is 3.26. The molecule has 9 heteroatoms. The fraction of sp³-hybridized carbons (Fsp3) is 0.360. The monoisotopic (exact) mass is 467 g/mol. The highest BCUT2D eigenvalue weighted by molar-refractivity contribution is 6.02. The van der Waals surface area contributed by atoms with Gasteiger partial charge in [-0.25, -0.2) is 9.48 Å². The van der Waals surface area contributed by atoms with E-state index in [0.717, 1.165) is 5.75 Å². The number of hydrogen-bond acceptors (Lipinski definition) is 7. The van der Waals surface area contributed by atoms with Gasteiger partial charge in [0.1, 0.15) is 18.1 Å². The van der Waals surface area contributed by atoms with E-state index in [1.54, 1.807) is 48.5 Å². The third-order valence-corrected chi connectivity index (χ3v) is 4.76. The van der Waals surface area contributed by atoms with Crippen LogP contribution in [0.25, 0.3) is 10.8 Å². The highest BCUT2D eigenvalue weighted by Crippen LogP contribution is 2.17. The van der Waals surface area contributed by atoms with Crippen molar-refractivity contribution in [2.45, 2.75) is 27.3 Å². The Bertz CT molecular complexity index is 1190. The van der Waals surface area contributed by atoms with Gasteiger partial charge in [0.25, 0.3) is 11.5 Å². The van der Waals surface area contributed by atoms with Gasteiger partial charge in [-0.05, 0) is 43.2 Å². The van der Waals surface area contributed by atoms with Gasteiger partial charge >= 0.3 is 5.97 Å².